The monoisotopic (exact) mass is 274 g/mol. The van der Waals surface area contributed by atoms with Crippen molar-refractivity contribution < 1.29 is 8.78 Å². The third kappa shape index (κ3) is 1.87. The molecule has 4 N–H and O–H groups in total. The zero-order chi connectivity index (χ0) is 14.3. The molecule has 0 saturated heterocycles. The Bertz CT molecular complexity index is 820. The van der Waals surface area contributed by atoms with Crippen molar-refractivity contribution in [3.05, 3.63) is 36.0 Å². The molecular formula is C12H8F2N6. The fourth-order valence-corrected chi connectivity index (χ4v) is 1.78. The Morgan fingerprint density at radius 1 is 1.00 bits per heavy atom. The van der Waals surface area contributed by atoms with E-state index in [1.807, 2.05) is 0 Å². The molecule has 0 radical (unpaired) electrons. The van der Waals surface area contributed by atoms with E-state index in [0.717, 1.165) is 6.07 Å². The topological polar surface area (TPSA) is 104 Å². The van der Waals surface area contributed by atoms with Crippen LogP contribution in [0, 0.1) is 11.6 Å². The van der Waals surface area contributed by atoms with E-state index in [2.05, 4.69) is 19.9 Å². The van der Waals surface area contributed by atoms with Crippen LogP contribution in [0.5, 0.6) is 0 Å². The molecule has 20 heavy (non-hydrogen) atoms. The lowest BCUT2D eigenvalue weighted by molar-refractivity contribution is 0.511. The minimum Gasteiger partial charge on any atom is -0.382 e. The normalized spacial score (nSPS) is 10.9. The summed E-state index contributed by atoms with van der Waals surface area (Å²) in [6, 6.07) is 3.79. The zero-order valence-electron chi connectivity index (χ0n) is 10.0. The quantitative estimate of drug-likeness (QED) is 0.697. The van der Waals surface area contributed by atoms with Gasteiger partial charge in [0.05, 0.1) is 11.9 Å². The number of nitrogens with two attached hydrogens (primary N) is 2. The number of hydrogen-bond donors (Lipinski definition) is 2. The van der Waals surface area contributed by atoms with E-state index in [9.17, 15) is 8.78 Å². The molecular weight excluding hydrogens is 266 g/mol. The highest BCUT2D eigenvalue weighted by molar-refractivity contribution is 5.83. The molecule has 8 heteroatoms. The van der Waals surface area contributed by atoms with Gasteiger partial charge >= 0.3 is 0 Å². The van der Waals surface area contributed by atoms with E-state index in [-0.39, 0.29) is 34.2 Å². The SMILES string of the molecule is Nc1nc(N)c2nc(-c3cccc(F)c3F)cnc2n1. The van der Waals surface area contributed by atoms with Gasteiger partial charge in [-0.15, -0.1) is 0 Å². The highest BCUT2D eigenvalue weighted by atomic mass is 19.2. The van der Waals surface area contributed by atoms with Crippen LogP contribution in [-0.2, 0) is 0 Å². The number of rotatable bonds is 1. The van der Waals surface area contributed by atoms with Crippen molar-refractivity contribution in [2.24, 2.45) is 0 Å². The molecule has 2 aromatic heterocycles. The zero-order valence-corrected chi connectivity index (χ0v) is 10.0. The van der Waals surface area contributed by atoms with Gasteiger partial charge in [-0.1, -0.05) is 6.07 Å². The second kappa shape index (κ2) is 4.34. The molecule has 3 rings (SSSR count). The van der Waals surface area contributed by atoms with Gasteiger partial charge in [0.1, 0.15) is 0 Å². The maximum atomic E-state index is 13.7. The number of halogens is 2. The highest BCUT2D eigenvalue weighted by Gasteiger charge is 2.13. The predicted molar refractivity (Wildman–Crippen MR) is 69.3 cm³/mol. The van der Waals surface area contributed by atoms with Crippen LogP contribution >= 0.6 is 0 Å². The van der Waals surface area contributed by atoms with Gasteiger partial charge in [0, 0.05) is 5.56 Å². The Morgan fingerprint density at radius 3 is 2.60 bits per heavy atom. The molecule has 0 unspecified atom stereocenters. The number of anilines is 2. The van der Waals surface area contributed by atoms with E-state index < -0.39 is 11.6 Å². The third-order valence-electron chi connectivity index (χ3n) is 2.68. The molecule has 0 aliphatic heterocycles. The molecule has 3 aromatic rings. The molecule has 0 aliphatic carbocycles. The summed E-state index contributed by atoms with van der Waals surface area (Å²) in [5.74, 6) is -1.98. The van der Waals surface area contributed by atoms with Crippen molar-refractivity contribution >= 4 is 22.9 Å². The van der Waals surface area contributed by atoms with Gasteiger partial charge in [-0.05, 0) is 12.1 Å². The molecule has 6 nitrogen and oxygen atoms in total. The van der Waals surface area contributed by atoms with Crippen LogP contribution in [0.4, 0.5) is 20.5 Å². The summed E-state index contributed by atoms with van der Waals surface area (Å²) in [5.41, 5.74) is 11.6. The van der Waals surface area contributed by atoms with Crippen LogP contribution < -0.4 is 11.5 Å². The van der Waals surface area contributed by atoms with E-state index in [1.54, 1.807) is 0 Å². The number of aromatic nitrogens is 4. The molecule has 1 aromatic carbocycles. The van der Waals surface area contributed by atoms with Crippen LogP contribution in [-0.4, -0.2) is 19.9 Å². The van der Waals surface area contributed by atoms with Gasteiger partial charge < -0.3 is 11.5 Å². The molecule has 0 amide bonds. The van der Waals surface area contributed by atoms with Crippen LogP contribution in [0.2, 0.25) is 0 Å². The summed E-state index contributed by atoms with van der Waals surface area (Å²) in [6.07, 6.45) is 1.27. The first kappa shape index (κ1) is 12.2. The fourth-order valence-electron chi connectivity index (χ4n) is 1.78. The number of hydrogen-bond acceptors (Lipinski definition) is 6. The second-order valence-electron chi connectivity index (χ2n) is 4.00. The molecule has 0 spiro atoms. The number of benzene rings is 1. The fraction of sp³-hybridized carbons (Fsp3) is 0. The summed E-state index contributed by atoms with van der Waals surface area (Å²) >= 11 is 0. The van der Waals surface area contributed by atoms with Gasteiger partial charge in [-0.3, -0.25) is 0 Å². The van der Waals surface area contributed by atoms with Crippen LogP contribution in [0.3, 0.4) is 0 Å². The summed E-state index contributed by atoms with van der Waals surface area (Å²) in [4.78, 5) is 15.7. The van der Waals surface area contributed by atoms with Gasteiger partial charge in [-0.25, -0.2) is 18.7 Å². The van der Waals surface area contributed by atoms with Crippen molar-refractivity contribution in [3.8, 4) is 11.3 Å². The molecule has 2 heterocycles. The first-order valence-electron chi connectivity index (χ1n) is 5.56. The Morgan fingerprint density at radius 2 is 1.80 bits per heavy atom. The number of fused-ring (bicyclic) bond motifs is 1. The van der Waals surface area contributed by atoms with Crippen molar-refractivity contribution in [1.82, 2.24) is 19.9 Å². The third-order valence-corrected chi connectivity index (χ3v) is 2.68. The summed E-state index contributed by atoms with van der Waals surface area (Å²) in [7, 11) is 0. The van der Waals surface area contributed by atoms with Crippen molar-refractivity contribution in [2.45, 2.75) is 0 Å². The first-order valence-corrected chi connectivity index (χ1v) is 5.56. The summed E-state index contributed by atoms with van der Waals surface area (Å²) < 4.78 is 26.9. The maximum absolute atomic E-state index is 13.7. The predicted octanol–water partition coefficient (Wildman–Crippen LogP) is 1.53. The first-order chi connectivity index (χ1) is 9.56. The molecule has 0 atom stereocenters. The average molecular weight is 274 g/mol. The van der Waals surface area contributed by atoms with Gasteiger partial charge in [0.15, 0.2) is 28.6 Å². The Balaban J connectivity index is 2.26. The van der Waals surface area contributed by atoms with E-state index in [4.69, 9.17) is 11.5 Å². The van der Waals surface area contributed by atoms with E-state index in [1.165, 1.54) is 18.3 Å². The van der Waals surface area contributed by atoms with Crippen molar-refractivity contribution in [1.29, 1.82) is 0 Å². The summed E-state index contributed by atoms with van der Waals surface area (Å²) in [5, 5.41) is 0. The largest absolute Gasteiger partial charge is 0.382 e. The number of nitrogen functional groups attached to an aromatic ring is 2. The van der Waals surface area contributed by atoms with E-state index in [0.29, 0.717) is 0 Å². The standard InChI is InChI=1S/C12H8F2N6/c13-6-3-1-2-5(8(6)14)7-4-17-11-9(18-7)10(15)19-12(16)20-11/h1-4H,(H4,15,16,17,19,20). The maximum Gasteiger partial charge on any atom is 0.224 e. The minimum absolute atomic E-state index is 0.0179. The van der Waals surface area contributed by atoms with Gasteiger partial charge in [0.25, 0.3) is 0 Å². The lowest BCUT2D eigenvalue weighted by Gasteiger charge is -2.05. The van der Waals surface area contributed by atoms with Crippen molar-refractivity contribution in [2.75, 3.05) is 11.5 Å². The Kier molecular flexibility index (Phi) is 2.63. The lowest BCUT2D eigenvalue weighted by Crippen LogP contribution is -2.04. The van der Waals surface area contributed by atoms with Gasteiger partial charge in [0.2, 0.25) is 5.95 Å². The van der Waals surface area contributed by atoms with Crippen molar-refractivity contribution in [3.63, 3.8) is 0 Å². The highest BCUT2D eigenvalue weighted by Crippen LogP contribution is 2.24. The Labute approximate surface area is 111 Å². The molecule has 100 valence electrons. The molecule has 0 fully saturated rings. The van der Waals surface area contributed by atoms with E-state index >= 15 is 0 Å². The lowest BCUT2D eigenvalue weighted by atomic mass is 10.1. The number of nitrogens with zero attached hydrogens (tertiary/aromatic N) is 4. The summed E-state index contributed by atoms with van der Waals surface area (Å²) in [6.45, 7) is 0. The molecule has 0 aliphatic rings. The second-order valence-corrected chi connectivity index (χ2v) is 4.00. The minimum atomic E-state index is -1.00. The average Bonchev–Trinajstić information content (AvgIpc) is 2.41. The molecule has 0 saturated carbocycles. The van der Waals surface area contributed by atoms with Crippen LogP contribution in [0.25, 0.3) is 22.4 Å². The molecule has 0 bridgehead atoms. The van der Waals surface area contributed by atoms with Gasteiger partial charge in [-0.2, -0.15) is 9.97 Å². The van der Waals surface area contributed by atoms with Crippen LogP contribution in [0.1, 0.15) is 0 Å². The Hall–Kier alpha value is -2.90. The smallest absolute Gasteiger partial charge is 0.224 e. The van der Waals surface area contributed by atoms with Crippen LogP contribution in [0.15, 0.2) is 24.4 Å².